The van der Waals surface area contributed by atoms with E-state index in [1.165, 1.54) is 12.1 Å². The Labute approximate surface area is 83.1 Å². The van der Waals surface area contributed by atoms with Gasteiger partial charge in [-0.25, -0.2) is 0 Å². The van der Waals surface area contributed by atoms with Crippen molar-refractivity contribution in [2.75, 3.05) is 7.11 Å². The lowest BCUT2D eigenvalue weighted by molar-refractivity contribution is 0.367. The van der Waals surface area contributed by atoms with Gasteiger partial charge in [-0.1, -0.05) is 13.3 Å². The van der Waals surface area contributed by atoms with Crippen LogP contribution in [-0.4, -0.2) is 27.5 Å². The van der Waals surface area contributed by atoms with Gasteiger partial charge in [0.05, 0.1) is 0 Å². The summed E-state index contributed by atoms with van der Waals surface area (Å²) < 4.78 is 0. The van der Waals surface area contributed by atoms with Crippen molar-refractivity contribution >= 4 is 0 Å². The molecule has 0 aliphatic carbocycles. The lowest BCUT2D eigenvalue weighted by atomic mass is 10.1. The summed E-state index contributed by atoms with van der Waals surface area (Å²) in [5.74, 6) is -0.980. The van der Waals surface area contributed by atoms with Gasteiger partial charge in [0.25, 0.3) is 0 Å². The number of hydrogen-bond acceptors (Lipinski definition) is 4. The van der Waals surface area contributed by atoms with Gasteiger partial charge >= 0.3 is 0 Å². The van der Waals surface area contributed by atoms with Crippen molar-refractivity contribution in [3.8, 4) is 17.2 Å². The molecule has 0 fully saturated rings. The average molecular weight is 200 g/mol. The Morgan fingerprint density at radius 3 is 1.79 bits per heavy atom. The van der Waals surface area contributed by atoms with Gasteiger partial charge < -0.3 is 20.4 Å². The van der Waals surface area contributed by atoms with Crippen LogP contribution in [0.1, 0.15) is 18.9 Å². The molecule has 0 unspecified atom stereocenters. The first-order valence-electron chi connectivity index (χ1n) is 4.33. The largest absolute Gasteiger partial charge is 0.504 e. The molecule has 4 heteroatoms. The van der Waals surface area contributed by atoms with Gasteiger partial charge in [0.1, 0.15) is 0 Å². The minimum absolute atomic E-state index is 0.265. The predicted octanol–water partition coefficient (Wildman–Crippen LogP) is 1.36. The van der Waals surface area contributed by atoms with Crippen molar-refractivity contribution in [3.05, 3.63) is 17.7 Å². The number of rotatable bonds is 2. The number of aliphatic hydroxyl groups excluding tert-OH is 1. The first kappa shape index (κ1) is 12.6. The Morgan fingerprint density at radius 2 is 1.43 bits per heavy atom. The third kappa shape index (κ3) is 3.14. The molecule has 1 aromatic carbocycles. The average Bonchev–Trinajstić information content (AvgIpc) is 2.18. The number of aliphatic hydroxyl groups is 1. The van der Waals surface area contributed by atoms with Crippen molar-refractivity contribution in [3.63, 3.8) is 0 Å². The zero-order valence-corrected chi connectivity index (χ0v) is 8.36. The molecule has 4 N–H and O–H groups in total. The lowest BCUT2D eigenvalue weighted by Gasteiger charge is -2.03. The summed E-state index contributed by atoms with van der Waals surface area (Å²) in [6.07, 6.45) is 1.71. The van der Waals surface area contributed by atoms with Crippen LogP contribution in [0.5, 0.6) is 17.2 Å². The molecule has 0 aromatic heterocycles. The van der Waals surface area contributed by atoms with E-state index in [0.717, 1.165) is 25.5 Å². The third-order valence-electron chi connectivity index (χ3n) is 1.67. The summed E-state index contributed by atoms with van der Waals surface area (Å²) >= 11 is 0. The molecule has 0 radical (unpaired) electrons. The van der Waals surface area contributed by atoms with E-state index in [1.54, 1.807) is 0 Å². The van der Waals surface area contributed by atoms with E-state index >= 15 is 0 Å². The van der Waals surface area contributed by atoms with Crippen LogP contribution in [0.2, 0.25) is 0 Å². The van der Waals surface area contributed by atoms with Gasteiger partial charge in [-0.15, -0.1) is 0 Å². The van der Waals surface area contributed by atoms with E-state index in [0.29, 0.717) is 0 Å². The topological polar surface area (TPSA) is 80.9 Å². The standard InChI is InChI=1S/C9H12O3.CH4O/c1-2-3-6-4-7(10)9(12)8(11)5-6;1-2/h4-5,10-12H,2-3H2,1H3;2H,1H3. The summed E-state index contributed by atoms with van der Waals surface area (Å²) in [6.45, 7) is 2.00. The SMILES string of the molecule is CCCc1cc(O)c(O)c(O)c1.CO. The van der Waals surface area contributed by atoms with E-state index in [9.17, 15) is 0 Å². The quantitative estimate of drug-likeness (QED) is 0.543. The third-order valence-corrected chi connectivity index (χ3v) is 1.67. The fraction of sp³-hybridized carbons (Fsp3) is 0.400. The van der Waals surface area contributed by atoms with Crippen LogP contribution < -0.4 is 0 Å². The monoisotopic (exact) mass is 200 g/mol. The van der Waals surface area contributed by atoms with E-state index in [1.807, 2.05) is 6.92 Å². The molecule has 0 spiro atoms. The maximum absolute atomic E-state index is 9.10. The Bertz CT molecular complexity index is 260. The maximum atomic E-state index is 9.10. The number of aryl methyl sites for hydroxylation is 1. The highest BCUT2D eigenvalue weighted by molar-refractivity contribution is 5.51. The number of phenolic OH excluding ortho intramolecular Hbond substituents is 3. The molecule has 0 saturated carbocycles. The second-order valence-electron chi connectivity index (χ2n) is 2.73. The van der Waals surface area contributed by atoms with E-state index in [4.69, 9.17) is 20.4 Å². The number of hydrogen-bond donors (Lipinski definition) is 4. The Kier molecular flexibility index (Phi) is 5.48. The van der Waals surface area contributed by atoms with E-state index < -0.39 is 5.75 Å². The molecule has 0 aliphatic rings. The summed E-state index contributed by atoms with van der Waals surface area (Å²) in [4.78, 5) is 0. The highest BCUT2D eigenvalue weighted by atomic mass is 16.3. The fourth-order valence-electron chi connectivity index (χ4n) is 1.09. The maximum Gasteiger partial charge on any atom is 0.200 e. The number of phenols is 3. The minimum Gasteiger partial charge on any atom is -0.504 e. The lowest BCUT2D eigenvalue weighted by Crippen LogP contribution is -1.82. The van der Waals surface area contributed by atoms with Crippen LogP contribution in [0.25, 0.3) is 0 Å². The minimum atomic E-state index is -0.449. The Balaban J connectivity index is 0.000000791. The zero-order valence-electron chi connectivity index (χ0n) is 8.36. The summed E-state index contributed by atoms with van der Waals surface area (Å²) in [5, 5.41) is 34.2. The molecule has 0 saturated heterocycles. The molecule has 0 aliphatic heterocycles. The second kappa shape index (κ2) is 6.10. The molecule has 1 aromatic rings. The van der Waals surface area contributed by atoms with Gasteiger partial charge in [-0.2, -0.15) is 0 Å². The zero-order chi connectivity index (χ0) is 11.1. The van der Waals surface area contributed by atoms with Crippen molar-refractivity contribution < 1.29 is 20.4 Å². The van der Waals surface area contributed by atoms with E-state index in [-0.39, 0.29) is 11.5 Å². The first-order chi connectivity index (χ1) is 6.65. The molecule has 0 atom stereocenters. The van der Waals surface area contributed by atoms with Crippen molar-refractivity contribution in [1.82, 2.24) is 0 Å². The first-order valence-corrected chi connectivity index (χ1v) is 4.33. The van der Waals surface area contributed by atoms with E-state index in [2.05, 4.69) is 0 Å². The van der Waals surface area contributed by atoms with Crippen LogP contribution in [-0.2, 0) is 6.42 Å². The highest BCUT2D eigenvalue weighted by Gasteiger charge is 2.06. The number of benzene rings is 1. The molecular weight excluding hydrogens is 184 g/mol. The molecular formula is C10H16O4. The Hall–Kier alpha value is -1.42. The van der Waals surface area contributed by atoms with Crippen molar-refractivity contribution in [1.29, 1.82) is 0 Å². The molecule has 80 valence electrons. The highest BCUT2D eigenvalue weighted by Crippen LogP contribution is 2.35. The Morgan fingerprint density at radius 1 is 1.00 bits per heavy atom. The second-order valence-corrected chi connectivity index (χ2v) is 2.73. The van der Waals surface area contributed by atoms with Crippen LogP contribution in [0.3, 0.4) is 0 Å². The van der Waals surface area contributed by atoms with Crippen molar-refractivity contribution in [2.45, 2.75) is 19.8 Å². The van der Waals surface area contributed by atoms with Crippen LogP contribution in [0.15, 0.2) is 12.1 Å². The summed E-state index contributed by atoms with van der Waals surface area (Å²) in [5.41, 5.74) is 0.824. The smallest absolute Gasteiger partial charge is 0.200 e. The van der Waals surface area contributed by atoms with Crippen LogP contribution in [0, 0.1) is 0 Å². The predicted molar refractivity (Wildman–Crippen MR) is 53.6 cm³/mol. The molecule has 1 rings (SSSR count). The molecule has 0 amide bonds. The van der Waals surface area contributed by atoms with Gasteiger partial charge in [-0.05, 0) is 24.1 Å². The van der Waals surface area contributed by atoms with Crippen LogP contribution in [0.4, 0.5) is 0 Å². The molecule has 0 bridgehead atoms. The fourth-order valence-corrected chi connectivity index (χ4v) is 1.09. The van der Waals surface area contributed by atoms with Gasteiger partial charge in [0.2, 0.25) is 0 Å². The van der Waals surface area contributed by atoms with Crippen molar-refractivity contribution in [2.24, 2.45) is 0 Å². The van der Waals surface area contributed by atoms with Gasteiger partial charge in [-0.3, -0.25) is 0 Å². The normalized spacial score (nSPS) is 9.07. The molecule has 14 heavy (non-hydrogen) atoms. The summed E-state index contributed by atoms with van der Waals surface area (Å²) in [7, 11) is 1.00. The molecule has 4 nitrogen and oxygen atoms in total. The number of aromatic hydroxyl groups is 3. The molecule has 0 heterocycles. The van der Waals surface area contributed by atoms with Crippen LogP contribution >= 0.6 is 0 Å². The van der Waals surface area contributed by atoms with Gasteiger partial charge in [0.15, 0.2) is 17.2 Å². The summed E-state index contributed by atoms with van der Waals surface area (Å²) in [6, 6.07) is 2.91. The van der Waals surface area contributed by atoms with Gasteiger partial charge in [0, 0.05) is 7.11 Å².